The monoisotopic (exact) mass is 416 g/mol. The lowest BCUT2D eigenvalue weighted by Gasteiger charge is -2.32. The molecule has 2 N–H and O–H groups in total. The number of β-amino-alcohol motifs (C(OH)–C–C–N with tert-alkyl or cyclic N) is 1. The van der Waals surface area contributed by atoms with Crippen LogP contribution in [0.2, 0.25) is 0 Å². The topological polar surface area (TPSA) is 71.0 Å². The minimum absolute atomic E-state index is 0.134. The second-order valence-electron chi connectivity index (χ2n) is 10.4. The third-order valence-corrected chi connectivity index (χ3v) is 6.81. The van der Waals surface area contributed by atoms with Crippen molar-refractivity contribution in [1.82, 2.24) is 4.90 Å². The van der Waals surface area contributed by atoms with Crippen LogP contribution in [0.5, 0.6) is 0 Å². The molecule has 0 aliphatic carbocycles. The number of amides is 2. The SMILES string of the molecule is Cc1cc(NC(=O)N2C[C@@H](CC(C)C)[C@H](O)C2)c(C)c(B2OC(C)(C)C(C)(C)O2)c1. The lowest BCUT2D eigenvalue weighted by molar-refractivity contribution is 0.00578. The Hall–Kier alpha value is -1.57. The number of anilines is 1. The molecule has 2 saturated heterocycles. The molecule has 7 heteroatoms. The van der Waals surface area contributed by atoms with Gasteiger partial charge in [-0.3, -0.25) is 0 Å². The maximum Gasteiger partial charge on any atom is 0.495 e. The Kier molecular flexibility index (Phi) is 6.29. The molecule has 3 rings (SSSR count). The van der Waals surface area contributed by atoms with E-state index in [0.717, 1.165) is 28.7 Å². The maximum absolute atomic E-state index is 12.9. The van der Waals surface area contributed by atoms with Gasteiger partial charge < -0.3 is 24.6 Å². The zero-order chi connectivity index (χ0) is 22.4. The first kappa shape index (κ1) is 23.1. The molecule has 1 aromatic rings. The van der Waals surface area contributed by atoms with Gasteiger partial charge in [0.1, 0.15) is 0 Å². The molecule has 30 heavy (non-hydrogen) atoms. The third kappa shape index (κ3) is 4.53. The molecule has 2 aliphatic heterocycles. The number of carbonyl (C=O) groups is 1. The summed E-state index contributed by atoms with van der Waals surface area (Å²) in [6, 6.07) is 3.86. The number of urea groups is 1. The summed E-state index contributed by atoms with van der Waals surface area (Å²) in [6.45, 7) is 17.4. The van der Waals surface area contributed by atoms with Crippen LogP contribution in [0.1, 0.15) is 59.1 Å². The van der Waals surface area contributed by atoms with Crippen LogP contribution in [0.25, 0.3) is 0 Å². The van der Waals surface area contributed by atoms with E-state index in [9.17, 15) is 9.90 Å². The molecule has 6 nitrogen and oxygen atoms in total. The molecule has 166 valence electrons. The highest BCUT2D eigenvalue weighted by molar-refractivity contribution is 6.62. The van der Waals surface area contributed by atoms with Crippen molar-refractivity contribution in [2.75, 3.05) is 18.4 Å². The fraction of sp³-hybridized carbons (Fsp3) is 0.696. The van der Waals surface area contributed by atoms with Gasteiger partial charge in [0.15, 0.2) is 0 Å². The maximum atomic E-state index is 12.9. The summed E-state index contributed by atoms with van der Waals surface area (Å²) >= 11 is 0. The summed E-state index contributed by atoms with van der Waals surface area (Å²) in [5.74, 6) is 0.629. The van der Waals surface area contributed by atoms with Crippen molar-refractivity contribution in [3.05, 3.63) is 23.3 Å². The van der Waals surface area contributed by atoms with Crippen molar-refractivity contribution in [2.45, 2.75) is 79.1 Å². The van der Waals surface area contributed by atoms with Crippen LogP contribution in [0, 0.1) is 25.7 Å². The summed E-state index contributed by atoms with van der Waals surface area (Å²) in [6.07, 6.45) is 0.456. The first-order valence-electron chi connectivity index (χ1n) is 11.0. The van der Waals surface area contributed by atoms with Crippen molar-refractivity contribution in [2.24, 2.45) is 11.8 Å². The number of hydrogen-bond donors (Lipinski definition) is 2. The van der Waals surface area contributed by atoms with Gasteiger partial charge in [0, 0.05) is 24.7 Å². The van der Waals surface area contributed by atoms with Gasteiger partial charge in [-0.25, -0.2) is 4.79 Å². The van der Waals surface area contributed by atoms with Gasteiger partial charge in [0.25, 0.3) is 0 Å². The second kappa shape index (κ2) is 8.17. The third-order valence-electron chi connectivity index (χ3n) is 6.81. The number of aryl methyl sites for hydroxylation is 1. The van der Waals surface area contributed by atoms with E-state index < -0.39 is 24.4 Å². The second-order valence-corrected chi connectivity index (χ2v) is 10.4. The molecule has 2 amide bonds. The molecule has 0 unspecified atom stereocenters. The number of likely N-dealkylation sites (tertiary alicyclic amines) is 1. The van der Waals surface area contributed by atoms with E-state index in [4.69, 9.17) is 9.31 Å². The number of benzene rings is 1. The summed E-state index contributed by atoms with van der Waals surface area (Å²) in [5.41, 5.74) is 2.81. The molecule has 0 spiro atoms. The number of aliphatic hydroxyl groups is 1. The molecule has 2 aliphatic rings. The van der Waals surface area contributed by atoms with E-state index in [2.05, 4.69) is 25.2 Å². The lowest BCUT2D eigenvalue weighted by atomic mass is 9.75. The summed E-state index contributed by atoms with van der Waals surface area (Å²) in [4.78, 5) is 14.7. The van der Waals surface area contributed by atoms with Gasteiger partial charge in [-0.15, -0.1) is 0 Å². The first-order valence-corrected chi connectivity index (χ1v) is 11.0. The number of nitrogens with zero attached hydrogens (tertiary/aromatic N) is 1. The van der Waals surface area contributed by atoms with Gasteiger partial charge in [0.2, 0.25) is 0 Å². The minimum atomic E-state index is -0.477. The highest BCUT2D eigenvalue weighted by Gasteiger charge is 2.52. The van der Waals surface area contributed by atoms with Crippen LogP contribution >= 0.6 is 0 Å². The number of carbonyl (C=O) groups excluding carboxylic acids is 1. The predicted molar refractivity (Wildman–Crippen MR) is 121 cm³/mol. The first-order chi connectivity index (χ1) is 13.8. The van der Waals surface area contributed by atoms with Crippen molar-refractivity contribution < 1.29 is 19.2 Å². The van der Waals surface area contributed by atoms with E-state index in [-0.39, 0.29) is 11.9 Å². The van der Waals surface area contributed by atoms with Crippen LogP contribution in [-0.4, -0.2) is 53.6 Å². The molecule has 2 heterocycles. The van der Waals surface area contributed by atoms with Crippen LogP contribution in [0.3, 0.4) is 0 Å². The molecule has 0 saturated carbocycles. The van der Waals surface area contributed by atoms with Crippen molar-refractivity contribution >= 4 is 24.3 Å². The molecular formula is C23H37BN2O4. The normalized spacial score (nSPS) is 25.3. The zero-order valence-corrected chi connectivity index (χ0v) is 19.7. The number of nitrogens with one attached hydrogen (secondary N) is 1. The highest BCUT2D eigenvalue weighted by atomic mass is 16.7. The van der Waals surface area contributed by atoms with Gasteiger partial charge in [-0.2, -0.15) is 0 Å². The molecule has 1 aromatic carbocycles. The Labute approximate surface area is 181 Å². The van der Waals surface area contributed by atoms with Crippen LogP contribution in [0.15, 0.2) is 12.1 Å². The van der Waals surface area contributed by atoms with Crippen LogP contribution in [-0.2, 0) is 9.31 Å². The highest BCUT2D eigenvalue weighted by Crippen LogP contribution is 2.37. The predicted octanol–water partition coefficient (Wildman–Crippen LogP) is 3.47. The summed E-state index contributed by atoms with van der Waals surface area (Å²) in [5, 5.41) is 13.4. The largest absolute Gasteiger partial charge is 0.495 e. The van der Waals surface area contributed by atoms with Crippen molar-refractivity contribution in [3.63, 3.8) is 0 Å². The Morgan fingerprint density at radius 2 is 1.80 bits per heavy atom. The number of aliphatic hydroxyl groups excluding tert-OH is 1. The standard InChI is InChI=1S/C23H37BN2O4/c1-14(2)9-17-12-26(13-20(17)27)21(28)25-19-11-15(3)10-18(16(19)4)24-29-22(5,6)23(7,8)30-24/h10-11,14,17,20,27H,9,12-13H2,1-8H3,(H,25,28)/t17-,20-/m1/s1. The molecule has 0 radical (unpaired) electrons. The van der Waals surface area contributed by atoms with Crippen molar-refractivity contribution in [1.29, 1.82) is 0 Å². The van der Waals surface area contributed by atoms with E-state index in [0.29, 0.717) is 19.0 Å². The molecule has 2 fully saturated rings. The average molecular weight is 416 g/mol. The van der Waals surface area contributed by atoms with Crippen LogP contribution < -0.4 is 10.8 Å². The molecule has 2 atom stereocenters. The molecule has 0 aromatic heterocycles. The Balaban J connectivity index is 1.77. The van der Waals surface area contributed by atoms with E-state index in [1.54, 1.807) is 4.90 Å². The molecule has 0 bridgehead atoms. The average Bonchev–Trinajstić information content (AvgIpc) is 3.06. The van der Waals surface area contributed by atoms with Crippen molar-refractivity contribution in [3.8, 4) is 0 Å². The fourth-order valence-corrected chi connectivity index (χ4v) is 4.28. The zero-order valence-electron chi connectivity index (χ0n) is 19.7. The van der Waals surface area contributed by atoms with E-state index >= 15 is 0 Å². The molecular weight excluding hydrogens is 379 g/mol. The van der Waals surface area contributed by atoms with Gasteiger partial charge in [0.05, 0.1) is 17.3 Å². The van der Waals surface area contributed by atoms with Gasteiger partial charge in [-0.05, 0) is 76.5 Å². The number of hydrogen-bond acceptors (Lipinski definition) is 4. The van der Waals surface area contributed by atoms with E-state index in [1.165, 1.54) is 0 Å². The van der Waals surface area contributed by atoms with Crippen LogP contribution in [0.4, 0.5) is 10.5 Å². The smallest absolute Gasteiger partial charge is 0.399 e. The van der Waals surface area contributed by atoms with Gasteiger partial charge >= 0.3 is 13.1 Å². The Morgan fingerprint density at radius 1 is 1.20 bits per heavy atom. The quantitative estimate of drug-likeness (QED) is 0.738. The minimum Gasteiger partial charge on any atom is -0.399 e. The fourth-order valence-electron chi connectivity index (χ4n) is 4.28. The van der Waals surface area contributed by atoms with E-state index in [1.807, 2.05) is 47.6 Å². The Bertz CT molecular complexity index is 793. The van der Waals surface area contributed by atoms with Gasteiger partial charge in [-0.1, -0.05) is 19.9 Å². The summed E-state index contributed by atoms with van der Waals surface area (Å²) < 4.78 is 12.5. The Morgan fingerprint density at radius 3 is 2.37 bits per heavy atom. The summed E-state index contributed by atoms with van der Waals surface area (Å²) in [7, 11) is -0.477. The lowest BCUT2D eigenvalue weighted by Crippen LogP contribution is -2.41. The number of rotatable bonds is 4.